The first-order chi connectivity index (χ1) is 14.2. The maximum absolute atomic E-state index is 11.8. The molecule has 1 fully saturated rings. The van der Waals surface area contributed by atoms with Crippen LogP contribution < -0.4 is 0 Å². The van der Waals surface area contributed by atoms with E-state index in [0.29, 0.717) is 0 Å². The minimum atomic E-state index is -1.16. The Bertz CT molecular complexity index is 767. The van der Waals surface area contributed by atoms with Crippen LogP contribution in [0.5, 0.6) is 0 Å². The third-order valence-electron chi connectivity index (χ3n) is 3.94. The first-order valence-corrected chi connectivity index (χ1v) is 10.1. The van der Waals surface area contributed by atoms with Crippen LogP contribution in [0.2, 0.25) is 0 Å². The maximum Gasteiger partial charge on any atom is 0.303 e. The van der Waals surface area contributed by atoms with Gasteiger partial charge in [0.05, 0.1) is 0 Å². The first-order valence-electron chi connectivity index (χ1n) is 9.19. The van der Waals surface area contributed by atoms with Crippen molar-refractivity contribution in [2.75, 3.05) is 6.61 Å². The van der Waals surface area contributed by atoms with E-state index in [1.165, 1.54) is 39.5 Å². The fourth-order valence-electron chi connectivity index (χ4n) is 2.92. The van der Waals surface area contributed by atoms with Crippen molar-refractivity contribution >= 4 is 35.6 Å². The molecular weight excluding hydrogens is 416 g/mol. The quantitative estimate of drug-likeness (QED) is 0.460. The van der Waals surface area contributed by atoms with Crippen LogP contribution in [0, 0.1) is 0 Å². The average molecular weight is 440 g/mol. The molecule has 0 amide bonds. The molecule has 1 heterocycles. The lowest BCUT2D eigenvalue weighted by Crippen LogP contribution is -2.61. The van der Waals surface area contributed by atoms with Gasteiger partial charge in [-0.1, -0.05) is 30.0 Å². The number of ether oxygens (including phenoxy) is 5. The Morgan fingerprint density at radius 2 is 1.33 bits per heavy atom. The number of carbonyl (C=O) groups is 4. The summed E-state index contributed by atoms with van der Waals surface area (Å²) in [7, 11) is 0. The van der Waals surface area contributed by atoms with E-state index < -0.39 is 53.7 Å². The smallest absolute Gasteiger partial charge is 0.303 e. The van der Waals surface area contributed by atoms with Gasteiger partial charge in [0.2, 0.25) is 0 Å². The van der Waals surface area contributed by atoms with Crippen LogP contribution >= 0.6 is 11.8 Å². The highest BCUT2D eigenvalue weighted by molar-refractivity contribution is 7.99. The zero-order valence-corrected chi connectivity index (χ0v) is 17.9. The highest BCUT2D eigenvalue weighted by Crippen LogP contribution is 2.37. The second kappa shape index (κ2) is 11.0. The van der Waals surface area contributed by atoms with Gasteiger partial charge >= 0.3 is 23.9 Å². The molecule has 2 rings (SSSR count). The molecule has 0 bridgehead atoms. The molecule has 0 N–H and O–H groups in total. The van der Waals surface area contributed by atoms with Crippen LogP contribution in [0.4, 0.5) is 0 Å². The molecule has 0 radical (unpaired) electrons. The van der Waals surface area contributed by atoms with Crippen LogP contribution in [0.3, 0.4) is 0 Å². The Morgan fingerprint density at radius 1 is 0.800 bits per heavy atom. The molecule has 1 aliphatic heterocycles. The lowest BCUT2D eigenvalue weighted by Gasteiger charge is -2.44. The third-order valence-corrected chi connectivity index (χ3v) is 5.10. The summed E-state index contributed by atoms with van der Waals surface area (Å²) in [6.07, 6.45) is -4.33. The van der Waals surface area contributed by atoms with E-state index in [0.717, 1.165) is 4.90 Å². The van der Waals surface area contributed by atoms with E-state index in [1.807, 2.05) is 30.3 Å². The predicted octanol–water partition coefficient (Wildman–Crippen LogP) is 1.86. The normalized spacial score (nSPS) is 25.7. The molecule has 1 aliphatic rings. The van der Waals surface area contributed by atoms with Crippen LogP contribution in [0.25, 0.3) is 0 Å². The van der Waals surface area contributed by atoms with Gasteiger partial charge in [0.15, 0.2) is 18.3 Å². The fraction of sp³-hybridized carbons (Fsp3) is 0.500. The molecule has 1 aromatic carbocycles. The zero-order chi connectivity index (χ0) is 22.3. The molecule has 0 aromatic heterocycles. The number of thioether (sulfide) groups is 1. The summed E-state index contributed by atoms with van der Waals surface area (Å²) >= 11 is 1.23. The lowest BCUT2D eigenvalue weighted by molar-refractivity contribution is -0.237. The average Bonchev–Trinajstić information content (AvgIpc) is 2.64. The van der Waals surface area contributed by atoms with E-state index >= 15 is 0 Å². The van der Waals surface area contributed by atoms with Gasteiger partial charge in [0, 0.05) is 32.6 Å². The molecule has 0 spiro atoms. The number of hydrogen-bond donors (Lipinski definition) is 0. The second-order valence-electron chi connectivity index (χ2n) is 6.50. The summed E-state index contributed by atoms with van der Waals surface area (Å²) in [6, 6.07) is 9.16. The third kappa shape index (κ3) is 7.03. The van der Waals surface area contributed by atoms with Gasteiger partial charge in [-0.2, -0.15) is 0 Å². The molecular formula is C20H24O9S. The largest absolute Gasteiger partial charge is 0.463 e. The van der Waals surface area contributed by atoms with Crippen LogP contribution in [-0.4, -0.2) is 60.3 Å². The van der Waals surface area contributed by atoms with Crippen molar-refractivity contribution in [3.8, 4) is 0 Å². The van der Waals surface area contributed by atoms with E-state index in [2.05, 4.69) is 0 Å². The van der Waals surface area contributed by atoms with Gasteiger partial charge in [0.1, 0.15) is 18.1 Å². The predicted molar refractivity (Wildman–Crippen MR) is 104 cm³/mol. The van der Waals surface area contributed by atoms with Crippen molar-refractivity contribution in [1.82, 2.24) is 0 Å². The van der Waals surface area contributed by atoms with Gasteiger partial charge in [-0.3, -0.25) is 19.2 Å². The van der Waals surface area contributed by atoms with Gasteiger partial charge in [-0.05, 0) is 12.1 Å². The summed E-state index contributed by atoms with van der Waals surface area (Å²) in [4.78, 5) is 47.3. The monoisotopic (exact) mass is 440 g/mol. The summed E-state index contributed by atoms with van der Waals surface area (Å²) in [6.45, 7) is 4.56. The zero-order valence-electron chi connectivity index (χ0n) is 17.1. The van der Waals surface area contributed by atoms with Crippen molar-refractivity contribution in [2.24, 2.45) is 0 Å². The Labute approximate surface area is 178 Å². The minimum Gasteiger partial charge on any atom is -0.463 e. The Hall–Kier alpha value is -2.59. The highest BCUT2D eigenvalue weighted by atomic mass is 32.2. The molecule has 0 aliphatic carbocycles. The van der Waals surface area contributed by atoms with E-state index in [4.69, 9.17) is 23.7 Å². The number of rotatable bonds is 7. The van der Waals surface area contributed by atoms with Crippen molar-refractivity contribution in [1.29, 1.82) is 0 Å². The Kier molecular flexibility index (Phi) is 8.67. The van der Waals surface area contributed by atoms with Crippen molar-refractivity contribution in [2.45, 2.75) is 62.4 Å². The minimum absolute atomic E-state index is 0.246. The van der Waals surface area contributed by atoms with Gasteiger partial charge in [0.25, 0.3) is 0 Å². The van der Waals surface area contributed by atoms with Gasteiger partial charge in [-0.15, -0.1) is 0 Å². The molecule has 1 aromatic rings. The Morgan fingerprint density at radius 3 is 1.87 bits per heavy atom. The molecule has 30 heavy (non-hydrogen) atoms. The van der Waals surface area contributed by atoms with E-state index in [9.17, 15) is 19.2 Å². The summed E-state index contributed by atoms with van der Waals surface area (Å²) in [5, 5.41) is 0. The maximum atomic E-state index is 11.8. The second-order valence-corrected chi connectivity index (χ2v) is 7.67. The number of benzene rings is 1. The molecule has 5 atom stereocenters. The molecule has 164 valence electrons. The Balaban J connectivity index is 2.42. The van der Waals surface area contributed by atoms with Gasteiger partial charge in [-0.25, -0.2) is 0 Å². The summed E-state index contributed by atoms with van der Waals surface area (Å²) in [5.41, 5.74) is -0.826. The highest BCUT2D eigenvalue weighted by Gasteiger charge is 2.52. The standard InChI is InChI=1S/C20H24O9S/c1-11(21)25-10-16-17(26-12(2)22)18(27-13(3)23)19(28-14(4)24)20(29-16)30-15-8-6-5-7-9-15/h5-9,16-20H,10H2,1-4H3/t16?,17-,18-,19?,20-/m0/s1. The molecule has 9 nitrogen and oxygen atoms in total. The molecule has 10 heteroatoms. The van der Waals surface area contributed by atoms with Crippen LogP contribution in [0.15, 0.2) is 35.2 Å². The van der Waals surface area contributed by atoms with Crippen molar-refractivity contribution in [3.63, 3.8) is 0 Å². The van der Waals surface area contributed by atoms with Gasteiger partial charge < -0.3 is 23.7 Å². The van der Waals surface area contributed by atoms with Crippen molar-refractivity contribution in [3.05, 3.63) is 30.3 Å². The van der Waals surface area contributed by atoms with Crippen molar-refractivity contribution < 1.29 is 42.9 Å². The van der Waals surface area contributed by atoms with Crippen LogP contribution in [0.1, 0.15) is 27.7 Å². The molecule has 0 saturated carbocycles. The number of esters is 4. The van der Waals surface area contributed by atoms with Crippen LogP contribution in [-0.2, 0) is 42.9 Å². The fourth-order valence-corrected chi connectivity index (χ4v) is 4.04. The summed E-state index contributed by atoms with van der Waals surface area (Å²) in [5.74, 6) is -2.51. The first kappa shape index (κ1) is 23.7. The summed E-state index contributed by atoms with van der Waals surface area (Å²) < 4.78 is 27.2. The SMILES string of the molecule is CC(=O)OCC1O[C@@H](Sc2ccccc2)C(OC(C)=O)[C@@H](OC(C)=O)[C@H]1OC(C)=O. The van der Waals surface area contributed by atoms with E-state index in [1.54, 1.807) is 0 Å². The number of hydrogen-bond acceptors (Lipinski definition) is 10. The molecule has 1 saturated heterocycles. The topological polar surface area (TPSA) is 114 Å². The molecule has 2 unspecified atom stereocenters. The number of carbonyl (C=O) groups excluding carboxylic acids is 4. The lowest BCUT2D eigenvalue weighted by atomic mass is 9.99. The van der Waals surface area contributed by atoms with E-state index in [-0.39, 0.29) is 6.61 Å².